The van der Waals surface area contributed by atoms with Gasteiger partial charge in [-0.2, -0.15) is 4.31 Å². The Kier molecular flexibility index (Phi) is 6.33. The molecule has 1 saturated heterocycles. The Hall–Kier alpha value is -1.93. The second-order valence-corrected chi connectivity index (χ2v) is 7.76. The summed E-state index contributed by atoms with van der Waals surface area (Å²) in [6.07, 6.45) is 1.64. The van der Waals surface area contributed by atoms with Gasteiger partial charge in [0.05, 0.1) is 12.3 Å². The molecular formula is C16H23N3O4S. The maximum absolute atomic E-state index is 12.3. The molecular weight excluding hydrogens is 330 g/mol. The van der Waals surface area contributed by atoms with E-state index in [1.54, 1.807) is 31.2 Å². The molecule has 0 radical (unpaired) electrons. The zero-order valence-electron chi connectivity index (χ0n) is 13.7. The lowest BCUT2D eigenvalue weighted by molar-refractivity contribution is -0.126. The molecule has 1 heterocycles. The highest BCUT2D eigenvalue weighted by Gasteiger charge is 2.37. The highest BCUT2D eigenvalue weighted by atomic mass is 32.2. The van der Waals surface area contributed by atoms with Gasteiger partial charge in [0, 0.05) is 12.2 Å². The van der Waals surface area contributed by atoms with E-state index < -0.39 is 22.0 Å². The van der Waals surface area contributed by atoms with Crippen LogP contribution in [0.4, 0.5) is 5.69 Å². The molecule has 24 heavy (non-hydrogen) atoms. The lowest BCUT2D eigenvalue weighted by atomic mass is 10.2. The van der Waals surface area contributed by atoms with Crippen molar-refractivity contribution < 1.29 is 18.0 Å². The van der Waals surface area contributed by atoms with Crippen molar-refractivity contribution in [2.45, 2.75) is 32.2 Å². The molecule has 0 aromatic heterocycles. The Morgan fingerprint density at radius 3 is 2.62 bits per heavy atom. The maximum Gasteiger partial charge on any atom is 0.243 e. The molecule has 7 nitrogen and oxygen atoms in total. The summed E-state index contributed by atoms with van der Waals surface area (Å²) in [6, 6.07) is 8.20. The van der Waals surface area contributed by atoms with Crippen LogP contribution in [0.25, 0.3) is 0 Å². The van der Waals surface area contributed by atoms with Gasteiger partial charge in [0.15, 0.2) is 0 Å². The van der Waals surface area contributed by atoms with Gasteiger partial charge in [-0.25, -0.2) is 8.42 Å². The molecule has 1 fully saturated rings. The minimum atomic E-state index is -3.42. The summed E-state index contributed by atoms with van der Waals surface area (Å²) < 4.78 is 25.7. The Bertz CT molecular complexity index is 676. The van der Waals surface area contributed by atoms with Crippen molar-refractivity contribution in [3.8, 4) is 0 Å². The molecule has 1 unspecified atom stereocenters. The van der Waals surface area contributed by atoms with Crippen molar-refractivity contribution in [3.05, 3.63) is 30.3 Å². The summed E-state index contributed by atoms with van der Waals surface area (Å²) in [5.74, 6) is -0.739. The van der Waals surface area contributed by atoms with Crippen molar-refractivity contribution in [3.63, 3.8) is 0 Å². The highest BCUT2D eigenvalue weighted by molar-refractivity contribution is 7.89. The summed E-state index contributed by atoms with van der Waals surface area (Å²) in [4.78, 5) is 24.1. The first kappa shape index (κ1) is 18.4. The molecule has 1 aliphatic rings. The Morgan fingerprint density at radius 2 is 1.96 bits per heavy atom. The average molecular weight is 353 g/mol. The number of amides is 2. The lowest BCUT2D eigenvalue weighted by Crippen LogP contribution is -2.48. The standard InChI is InChI=1S/C16H23N3O4S/c1-2-11-24(22,23)19-10-6-9-14(19)16(21)17-12-15(20)18-13-7-4-3-5-8-13/h3-5,7-8,14H,2,6,9-12H2,1H3,(H,17,21)(H,18,20). The molecule has 2 N–H and O–H groups in total. The lowest BCUT2D eigenvalue weighted by Gasteiger charge is -2.23. The Balaban J connectivity index is 1.88. The first-order valence-corrected chi connectivity index (χ1v) is 9.67. The minimum Gasteiger partial charge on any atom is -0.346 e. The van der Waals surface area contributed by atoms with Crippen molar-refractivity contribution >= 4 is 27.5 Å². The number of carbonyl (C=O) groups is 2. The normalized spacial score (nSPS) is 18.3. The van der Waals surface area contributed by atoms with Crippen LogP contribution >= 0.6 is 0 Å². The fourth-order valence-electron chi connectivity index (χ4n) is 2.72. The smallest absolute Gasteiger partial charge is 0.243 e. The van der Waals surface area contributed by atoms with E-state index in [-0.39, 0.29) is 18.2 Å². The van der Waals surface area contributed by atoms with Crippen LogP contribution in [0.1, 0.15) is 26.2 Å². The third kappa shape index (κ3) is 4.78. The molecule has 0 bridgehead atoms. The zero-order chi connectivity index (χ0) is 17.6. The van der Waals surface area contributed by atoms with Crippen LogP contribution in [-0.2, 0) is 19.6 Å². The first-order chi connectivity index (χ1) is 11.4. The van der Waals surface area contributed by atoms with Gasteiger partial charge in [0.1, 0.15) is 6.04 Å². The highest BCUT2D eigenvalue weighted by Crippen LogP contribution is 2.21. The van der Waals surface area contributed by atoms with Crippen molar-refractivity contribution in [2.75, 3.05) is 24.2 Å². The minimum absolute atomic E-state index is 0.0330. The molecule has 1 aliphatic heterocycles. The second-order valence-electron chi connectivity index (χ2n) is 5.72. The number of hydrogen-bond donors (Lipinski definition) is 2. The number of nitrogens with zero attached hydrogens (tertiary/aromatic N) is 1. The van der Waals surface area contributed by atoms with Crippen LogP contribution in [0.3, 0.4) is 0 Å². The second kappa shape index (κ2) is 8.25. The third-order valence-electron chi connectivity index (χ3n) is 3.81. The molecule has 132 valence electrons. The zero-order valence-corrected chi connectivity index (χ0v) is 14.5. The van der Waals surface area contributed by atoms with E-state index in [1.165, 1.54) is 4.31 Å². The van der Waals surface area contributed by atoms with Crippen LogP contribution in [-0.4, -0.2) is 49.4 Å². The van der Waals surface area contributed by atoms with Gasteiger partial charge in [-0.15, -0.1) is 0 Å². The van der Waals surface area contributed by atoms with Crippen LogP contribution < -0.4 is 10.6 Å². The molecule has 0 saturated carbocycles. The van der Waals surface area contributed by atoms with Crippen molar-refractivity contribution in [1.82, 2.24) is 9.62 Å². The monoisotopic (exact) mass is 353 g/mol. The van der Waals surface area contributed by atoms with Gasteiger partial charge < -0.3 is 10.6 Å². The van der Waals surface area contributed by atoms with E-state index in [0.717, 1.165) is 0 Å². The van der Waals surface area contributed by atoms with Gasteiger partial charge in [0.2, 0.25) is 21.8 Å². The topological polar surface area (TPSA) is 95.6 Å². The number of anilines is 1. The summed E-state index contributed by atoms with van der Waals surface area (Å²) in [5, 5.41) is 5.20. The number of benzene rings is 1. The Labute approximate surface area is 142 Å². The van der Waals surface area contributed by atoms with Gasteiger partial charge >= 0.3 is 0 Å². The molecule has 0 spiro atoms. The molecule has 1 aromatic rings. The average Bonchev–Trinajstić information content (AvgIpc) is 3.04. The quantitative estimate of drug-likeness (QED) is 0.763. The summed E-state index contributed by atoms with van der Waals surface area (Å²) in [6.45, 7) is 1.96. The fourth-order valence-corrected chi connectivity index (χ4v) is 4.47. The van der Waals surface area contributed by atoms with E-state index in [0.29, 0.717) is 31.5 Å². The summed E-state index contributed by atoms with van der Waals surface area (Å²) in [5.41, 5.74) is 0.643. The first-order valence-electron chi connectivity index (χ1n) is 8.06. The van der Waals surface area contributed by atoms with Crippen LogP contribution in [0, 0.1) is 0 Å². The molecule has 2 rings (SSSR count). The van der Waals surface area contributed by atoms with Gasteiger partial charge in [-0.1, -0.05) is 25.1 Å². The largest absolute Gasteiger partial charge is 0.346 e. The Morgan fingerprint density at radius 1 is 1.25 bits per heavy atom. The number of para-hydroxylation sites is 1. The predicted octanol–water partition coefficient (Wildman–Crippen LogP) is 0.946. The van der Waals surface area contributed by atoms with Crippen molar-refractivity contribution in [2.24, 2.45) is 0 Å². The maximum atomic E-state index is 12.3. The van der Waals surface area contributed by atoms with E-state index in [4.69, 9.17) is 0 Å². The molecule has 1 atom stereocenters. The summed E-state index contributed by atoms with van der Waals surface area (Å²) >= 11 is 0. The number of sulfonamides is 1. The van der Waals surface area contributed by atoms with E-state index >= 15 is 0 Å². The number of nitrogens with one attached hydrogen (secondary N) is 2. The third-order valence-corrected chi connectivity index (χ3v) is 5.88. The van der Waals surface area contributed by atoms with E-state index in [9.17, 15) is 18.0 Å². The van der Waals surface area contributed by atoms with Crippen LogP contribution in [0.15, 0.2) is 30.3 Å². The predicted molar refractivity (Wildman–Crippen MR) is 91.9 cm³/mol. The van der Waals surface area contributed by atoms with Gasteiger partial charge in [0.25, 0.3) is 0 Å². The van der Waals surface area contributed by atoms with Gasteiger partial charge in [-0.3, -0.25) is 9.59 Å². The summed E-state index contributed by atoms with van der Waals surface area (Å²) in [7, 11) is -3.42. The number of carbonyl (C=O) groups excluding carboxylic acids is 2. The molecule has 2 amide bonds. The van der Waals surface area contributed by atoms with E-state index in [1.807, 2.05) is 6.07 Å². The SMILES string of the molecule is CCCS(=O)(=O)N1CCCC1C(=O)NCC(=O)Nc1ccccc1. The van der Waals surface area contributed by atoms with E-state index in [2.05, 4.69) is 10.6 Å². The molecule has 1 aromatic carbocycles. The number of hydrogen-bond acceptors (Lipinski definition) is 4. The molecule has 0 aliphatic carbocycles. The van der Waals surface area contributed by atoms with Gasteiger partial charge in [-0.05, 0) is 31.4 Å². The molecule has 8 heteroatoms. The van der Waals surface area contributed by atoms with Crippen LogP contribution in [0.5, 0.6) is 0 Å². The number of rotatable bonds is 7. The van der Waals surface area contributed by atoms with Crippen molar-refractivity contribution in [1.29, 1.82) is 0 Å². The fraction of sp³-hybridized carbons (Fsp3) is 0.500. The van der Waals surface area contributed by atoms with Crippen LogP contribution in [0.2, 0.25) is 0 Å².